The van der Waals surface area contributed by atoms with Crippen LogP contribution in [0.2, 0.25) is 5.04 Å². The van der Waals surface area contributed by atoms with Crippen LogP contribution in [0.1, 0.15) is 39.2 Å². The van der Waals surface area contributed by atoms with Crippen molar-refractivity contribution in [2.75, 3.05) is 6.61 Å². The van der Waals surface area contributed by atoms with Gasteiger partial charge in [-0.25, -0.2) is 0 Å². The van der Waals surface area contributed by atoms with Crippen molar-refractivity contribution in [1.82, 2.24) is 0 Å². The maximum absolute atomic E-state index is 7.34. The summed E-state index contributed by atoms with van der Waals surface area (Å²) in [6.07, 6.45) is 4.49. The van der Waals surface area contributed by atoms with Gasteiger partial charge in [0.25, 0.3) is 8.32 Å². The Morgan fingerprint density at radius 3 is 1.81 bits per heavy atom. The molecule has 0 N–H and O–H groups in total. The van der Waals surface area contributed by atoms with Crippen LogP contribution < -0.4 is 10.4 Å². The molecule has 0 saturated carbocycles. The van der Waals surface area contributed by atoms with E-state index < -0.39 is 8.32 Å². The lowest BCUT2D eigenvalue weighted by Crippen LogP contribution is -2.67. The molecule has 2 nitrogen and oxygen atoms in total. The Morgan fingerprint density at radius 1 is 0.750 bits per heavy atom. The first-order valence-corrected chi connectivity index (χ1v) is 13.5. The molecule has 3 aromatic carbocycles. The first-order chi connectivity index (χ1) is 15.5. The monoisotopic (exact) mass is 442 g/mol. The Morgan fingerprint density at radius 2 is 1.28 bits per heavy atom. The van der Waals surface area contributed by atoms with Crippen LogP contribution in [0.3, 0.4) is 0 Å². The predicted octanol–water partition coefficient (Wildman–Crippen LogP) is 5.87. The van der Waals surface area contributed by atoms with Crippen molar-refractivity contribution in [1.29, 1.82) is 0 Å². The van der Waals surface area contributed by atoms with Crippen molar-refractivity contribution in [2.45, 2.75) is 51.4 Å². The van der Waals surface area contributed by atoms with Gasteiger partial charge in [-0.15, -0.1) is 0 Å². The van der Waals surface area contributed by atoms with Gasteiger partial charge >= 0.3 is 0 Å². The molecule has 0 saturated heterocycles. The minimum atomic E-state index is -2.56. The molecular formula is C29H34O2Si. The van der Waals surface area contributed by atoms with E-state index in [4.69, 9.17) is 9.16 Å². The molecule has 32 heavy (non-hydrogen) atoms. The molecule has 166 valence electrons. The lowest BCUT2D eigenvalue weighted by molar-refractivity contribution is 0.122. The predicted molar refractivity (Wildman–Crippen MR) is 136 cm³/mol. The molecule has 0 heterocycles. The third kappa shape index (κ3) is 4.80. The maximum atomic E-state index is 7.34. The van der Waals surface area contributed by atoms with Crippen LogP contribution in [0.25, 0.3) is 0 Å². The Balaban J connectivity index is 1.62. The lowest BCUT2D eigenvalue weighted by Gasteiger charge is -2.45. The van der Waals surface area contributed by atoms with Crippen LogP contribution in [0.15, 0.2) is 103 Å². The van der Waals surface area contributed by atoms with Crippen molar-refractivity contribution >= 4 is 18.7 Å². The molecule has 0 radical (unpaired) electrons. The minimum Gasteiger partial charge on any atom is -0.401 e. The van der Waals surface area contributed by atoms with Gasteiger partial charge < -0.3 is 9.16 Å². The summed E-state index contributed by atoms with van der Waals surface area (Å²) in [5, 5.41) is 2.64. The van der Waals surface area contributed by atoms with Gasteiger partial charge in [-0.3, -0.25) is 0 Å². The fourth-order valence-electron chi connectivity index (χ4n) is 4.79. The largest absolute Gasteiger partial charge is 0.401 e. The van der Waals surface area contributed by atoms with Crippen molar-refractivity contribution in [3.63, 3.8) is 0 Å². The SMILES string of the molecule is CC(C)(C)[Si](O[C@H]1CCC=C1COCc1ccccc1)(c1ccccc1)c1ccccc1. The molecule has 3 heteroatoms. The van der Waals surface area contributed by atoms with Crippen LogP contribution in [-0.4, -0.2) is 21.0 Å². The first-order valence-electron chi connectivity index (χ1n) is 11.6. The van der Waals surface area contributed by atoms with Crippen LogP contribution in [0.4, 0.5) is 0 Å². The van der Waals surface area contributed by atoms with E-state index in [-0.39, 0.29) is 11.1 Å². The van der Waals surface area contributed by atoms with Gasteiger partial charge in [-0.05, 0) is 39.4 Å². The van der Waals surface area contributed by atoms with Gasteiger partial charge in [0.2, 0.25) is 0 Å². The molecule has 0 bridgehead atoms. The Hall–Kier alpha value is -2.46. The molecule has 4 rings (SSSR count). The summed E-state index contributed by atoms with van der Waals surface area (Å²) in [5.41, 5.74) is 2.49. The van der Waals surface area contributed by atoms with E-state index in [1.54, 1.807) is 0 Å². The van der Waals surface area contributed by atoms with Crippen molar-refractivity contribution in [3.05, 3.63) is 108 Å². The Bertz CT molecular complexity index is 968. The molecule has 1 aliphatic rings. The molecule has 0 fully saturated rings. The first kappa shape index (κ1) is 22.7. The molecule has 0 amide bonds. The van der Waals surface area contributed by atoms with Crippen molar-refractivity contribution in [3.8, 4) is 0 Å². The average Bonchev–Trinajstić information content (AvgIpc) is 3.25. The molecule has 0 spiro atoms. The standard InChI is InChI=1S/C29H34O2Si/c1-29(2,3)32(26-17-9-5-10-18-26,27-19-11-6-12-20-27)31-28-21-13-16-25(28)23-30-22-24-14-7-4-8-15-24/h4-12,14-20,28H,13,21-23H2,1-3H3/t28-/m0/s1. The van der Waals surface area contributed by atoms with Crippen molar-refractivity contribution < 1.29 is 9.16 Å². The number of hydrogen-bond donors (Lipinski definition) is 0. The fraction of sp³-hybridized carbons (Fsp3) is 0.310. The molecule has 0 aromatic heterocycles. The third-order valence-corrected chi connectivity index (χ3v) is 11.4. The Labute approximate surface area is 194 Å². The van der Waals surface area contributed by atoms with Crippen LogP contribution in [-0.2, 0) is 15.8 Å². The topological polar surface area (TPSA) is 18.5 Å². The molecule has 1 atom stereocenters. The second kappa shape index (κ2) is 9.99. The second-order valence-electron chi connectivity index (χ2n) is 9.60. The van der Waals surface area contributed by atoms with Gasteiger partial charge in [-0.2, -0.15) is 0 Å². The lowest BCUT2D eigenvalue weighted by atomic mass is 10.2. The quantitative estimate of drug-likeness (QED) is 0.321. The number of ether oxygens (including phenoxy) is 1. The van der Waals surface area contributed by atoms with Crippen LogP contribution in [0, 0.1) is 0 Å². The van der Waals surface area contributed by atoms with Gasteiger partial charge in [0.05, 0.1) is 19.3 Å². The van der Waals surface area contributed by atoms with E-state index in [2.05, 4.69) is 112 Å². The van der Waals surface area contributed by atoms with E-state index in [9.17, 15) is 0 Å². The number of rotatable bonds is 8. The van der Waals surface area contributed by atoms with Crippen molar-refractivity contribution in [2.24, 2.45) is 0 Å². The summed E-state index contributed by atoms with van der Waals surface area (Å²) in [5.74, 6) is 0. The van der Waals surface area contributed by atoms with E-state index in [0.717, 1.165) is 12.8 Å². The fourth-order valence-corrected chi connectivity index (χ4v) is 9.50. The Kier molecular flexibility index (Phi) is 7.09. The molecule has 3 aromatic rings. The average molecular weight is 443 g/mol. The molecule has 1 aliphatic carbocycles. The normalized spacial score (nSPS) is 16.7. The van der Waals surface area contributed by atoms with Gasteiger partial charge in [-0.1, -0.05) is 118 Å². The van der Waals surface area contributed by atoms with Gasteiger partial charge in [0.15, 0.2) is 0 Å². The third-order valence-electron chi connectivity index (χ3n) is 6.37. The summed E-state index contributed by atoms with van der Waals surface area (Å²) >= 11 is 0. The van der Waals surface area contributed by atoms with E-state index in [1.165, 1.54) is 21.5 Å². The zero-order valence-corrected chi connectivity index (χ0v) is 20.5. The van der Waals surface area contributed by atoms with E-state index in [0.29, 0.717) is 13.2 Å². The minimum absolute atomic E-state index is 0.0195. The van der Waals surface area contributed by atoms with Crippen LogP contribution >= 0.6 is 0 Å². The molecular weight excluding hydrogens is 408 g/mol. The highest BCUT2D eigenvalue weighted by Crippen LogP contribution is 2.39. The summed E-state index contributed by atoms with van der Waals surface area (Å²) < 4.78 is 13.5. The zero-order valence-electron chi connectivity index (χ0n) is 19.5. The second-order valence-corrected chi connectivity index (χ2v) is 13.9. The van der Waals surface area contributed by atoms with Gasteiger partial charge in [0.1, 0.15) is 0 Å². The highest BCUT2D eigenvalue weighted by Gasteiger charge is 2.51. The maximum Gasteiger partial charge on any atom is 0.261 e. The van der Waals surface area contributed by atoms with Gasteiger partial charge in [0, 0.05) is 0 Å². The highest BCUT2D eigenvalue weighted by atomic mass is 28.4. The summed E-state index contributed by atoms with van der Waals surface area (Å²) in [4.78, 5) is 0. The van der Waals surface area contributed by atoms with Crippen LogP contribution in [0.5, 0.6) is 0 Å². The highest BCUT2D eigenvalue weighted by molar-refractivity contribution is 6.99. The number of benzene rings is 3. The van der Waals surface area contributed by atoms with E-state index >= 15 is 0 Å². The number of hydrogen-bond acceptors (Lipinski definition) is 2. The zero-order chi connectivity index (χ0) is 22.4. The summed E-state index contributed by atoms with van der Waals surface area (Å²) in [7, 11) is -2.56. The smallest absolute Gasteiger partial charge is 0.261 e. The summed E-state index contributed by atoms with van der Waals surface area (Å²) in [6.45, 7) is 8.26. The molecule has 0 aliphatic heterocycles. The molecule has 0 unspecified atom stereocenters. The number of allylic oxidation sites excluding steroid dienone is 1. The van der Waals surface area contributed by atoms with E-state index in [1.807, 2.05) is 6.07 Å². The summed E-state index contributed by atoms with van der Waals surface area (Å²) in [6, 6.07) is 32.2.